The standard InChI is InChI=1S/C26H33N5O4/c1-17(2)34-23-16-22(30-11-13-33-14-12-30)24(35-18(3)4)15-21(23)27-28-25-19(5)29-31(26(25)32)20-9-7-6-8-10-20/h6-10,15-18,25H,11-14H2,1-5H3. The van der Waals surface area contributed by atoms with E-state index in [9.17, 15) is 4.79 Å². The summed E-state index contributed by atoms with van der Waals surface area (Å²) in [6, 6.07) is 12.3. The monoisotopic (exact) mass is 479 g/mol. The van der Waals surface area contributed by atoms with Crippen LogP contribution in [0, 0.1) is 0 Å². The van der Waals surface area contributed by atoms with E-state index in [0.29, 0.717) is 41.8 Å². The third kappa shape index (κ3) is 5.79. The van der Waals surface area contributed by atoms with Crippen LogP contribution >= 0.6 is 0 Å². The molecule has 0 aromatic heterocycles. The molecule has 2 heterocycles. The number of hydrazone groups is 1. The van der Waals surface area contributed by atoms with E-state index in [1.807, 2.05) is 70.2 Å². The number of hydrogen-bond acceptors (Lipinski definition) is 8. The number of anilines is 2. The Morgan fingerprint density at radius 1 is 1.00 bits per heavy atom. The second-order valence-corrected chi connectivity index (χ2v) is 9.07. The molecular formula is C26H33N5O4. The molecule has 2 aliphatic rings. The number of carbonyl (C=O) groups excluding carboxylic acids is 1. The van der Waals surface area contributed by atoms with Crippen molar-refractivity contribution in [1.82, 2.24) is 0 Å². The SMILES string of the molecule is CC1=NN(c2ccccc2)C(=O)C1N=Nc1cc(OC(C)C)c(N2CCOCC2)cc1OC(C)C. The summed E-state index contributed by atoms with van der Waals surface area (Å²) in [5.74, 6) is 1.04. The largest absolute Gasteiger partial charge is 0.489 e. The van der Waals surface area contributed by atoms with Crippen molar-refractivity contribution in [2.24, 2.45) is 15.3 Å². The number of rotatable bonds is 8. The molecule has 1 unspecified atom stereocenters. The van der Waals surface area contributed by atoms with Gasteiger partial charge in [0.25, 0.3) is 5.91 Å². The third-order valence-electron chi connectivity index (χ3n) is 5.50. The summed E-state index contributed by atoms with van der Waals surface area (Å²) in [6.07, 6.45) is -0.0926. The molecule has 9 nitrogen and oxygen atoms in total. The van der Waals surface area contributed by atoms with Crippen LogP contribution in [0.2, 0.25) is 0 Å². The van der Waals surface area contributed by atoms with E-state index in [-0.39, 0.29) is 18.1 Å². The third-order valence-corrected chi connectivity index (χ3v) is 5.50. The lowest BCUT2D eigenvalue weighted by molar-refractivity contribution is -0.117. The van der Waals surface area contributed by atoms with Crippen molar-refractivity contribution >= 4 is 28.7 Å². The minimum atomic E-state index is -0.796. The summed E-state index contributed by atoms with van der Waals surface area (Å²) in [4.78, 5) is 15.3. The number of ether oxygens (including phenoxy) is 3. The predicted octanol–water partition coefficient (Wildman–Crippen LogP) is 4.97. The number of azo groups is 1. The van der Waals surface area contributed by atoms with Crippen LogP contribution in [0.1, 0.15) is 34.6 Å². The minimum Gasteiger partial charge on any atom is -0.489 e. The Labute approximate surface area is 206 Å². The number of benzene rings is 2. The second-order valence-electron chi connectivity index (χ2n) is 9.07. The molecule has 0 spiro atoms. The van der Waals surface area contributed by atoms with Gasteiger partial charge in [0.1, 0.15) is 17.2 Å². The van der Waals surface area contributed by atoms with E-state index < -0.39 is 6.04 Å². The maximum atomic E-state index is 13.1. The van der Waals surface area contributed by atoms with Gasteiger partial charge < -0.3 is 19.1 Å². The van der Waals surface area contributed by atoms with Crippen molar-refractivity contribution in [2.45, 2.75) is 52.9 Å². The van der Waals surface area contributed by atoms with Crippen LogP contribution in [-0.4, -0.2) is 56.2 Å². The molecule has 0 radical (unpaired) electrons. The number of carbonyl (C=O) groups is 1. The first-order valence-electron chi connectivity index (χ1n) is 12.0. The fourth-order valence-electron chi connectivity index (χ4n) is 3.93. The van der Waals surface area contributed by atoms with E-state index in [1.165, 1.54) is 5.01 Å². The van der Waals surface area contributed by atoms with Gasteiger partial charge in [-0.3, -0.25) is 4.79 Å². The zero-order chi connectivity index (χ0) is 24.9. The molecule has 186 valence electrons. The quantitative estimate of drug-likeness (QED) is 0.499. The summed E-state index contributed by atoms with van der Waals surface area (Å²) in [5.41, 5.74) is 2.71. The highest BCUT2D eigenvalue weighted by Gasteiger charge is 2.35. The lowest BCUT2D eigenvalue weighted by Gasteiger charge is -2.31. The van der Waals surface area contributed by atoms with Gasteiger partial charge in [0.15, 0.2) is 6.04 Å². The number of para-hydroxylation sites is 1. The fourth-order valence-corrected chi connectivity index (χ4v) is 3.93. The number of hydrogen-bond donors (Lipinski definition) is 0. The molecule has 0 bridgehead atoms. The molecule has 2 aromatic carbocycles. The Morgan fingerprint density at radius 3 is 2.31 bits per heavy atom. The average molecular weight is 480 g/mol. The van der Waals surface area contributed by atoms with Gasteiger partial charge in [-0.2, -0.15) is 20.3 Å². The molecule has 4 rings (SSSR count). The second kappa shape index (κ2) is 10.9. The highest BCUT2D eigenvalue weighted by Crippen LogP contribution is 2.42. The minimum absolute atomic E-state index is 0.0262. The molecular weight excluding hydrogens is 446 g/mol. The Bertz CT molecular complexity index is 1090. The fraction of sp³-hybridized carbons (Fsp3) is 0.462. The first kappa shape index (κ1) is 24.7. The van der Waals surface area contributed by atoms with Gasteiger partial charge >= 0.3 is 0 Å². The van der Waals surface area contributed by atoms with Gasteiger partial charge in [-0.15, -0.1) is 0 Å². The molecule has 0 aliphatic carbocycles. The van der Waals surface area contributed by atoms with Gasteiger partial charge in [-0.05, 0) is 46.8 Å². The highest BCUT2D eigenvalue weighted by molar-refractivity contribution is 6.18. The summed E-state index contributed by atoms with van der Waals surface area (Å²) < 4.78 is 17.8. The number of amides is 1. The maximum absolute atomic E-state index is 13.1. The topological polar surface area (TPSA) is 88.3 Å². The van der Waals surface area contributed by atoms with Crippen LogP contribution in [0.5, 0.6) is 11.5 Å². The van der Waals surface area contributed by atoms with Gasteiger partial charge in [0.05, 0.1) is 42.5 Å². The van der Waals surface area contributed by atoms with Crippen LogP contribution < -0.4 is 19.4 Å². The summed E-state index contributed by atoms with van der Waals surface area (Å²) in [7, 11) is 0. The molecule has 2 aliphatic heterocycles. The van der Waals surface area contributed by atoms with Crippen molar-refractivity contribution in [3.8, 4) is 11.5 Å². The Balaban J connectivity index is 1.67. The zero-order valence-corrected chi connectivity index (χ0v) is 21.0. The summed E-state index contributed by atoms with van der Waals surface area (Å²) >= 11 is 0. The van der Waals surface area contributed by atoms with Crippen molar-refractivity contribution in [2.75, 3.05) is 36.2 Å². The summed E-state index contributed by atoms with van der Waals surface area (Å²) in [6.45, 7) is 12.5. The molecule has 1 atom stereocenters. The Hall–Kier alpha value is -3.46. The average Bonchev–Trinajstić information content (AvgIpc) is 3.12. The van der Waals surface area contributed by atoms with Gasteiger partial charge in [-0.1, -0.05) is 18.2 Å². The molecule has 0 N–H and O–H groups in total. The number of nitrogens with zero attached hydrogens (tertiary/aromatic N) is 5. The zero-order valence-electron chi connectivity index (χ0n) is 21.0. The number of morpholine rings is 1. The smallest absolute Gasteiger partial charge is 0.280 e. The molecule has 1 amide bonds. The van der Waals surface area contributed by atoms with Crippen LogP contribution in [0.25, 0.3) is 0 Å². The van der Waals surface area contributed by atoms with Crippen molar-refractivity contribution < 1.29 is 19.0 Å². The molecule has 1 saturated heterocycles. The molecule has 1 fully saturated rings. The van der Waals surface area contributed by atoms with Crippen molar-refractivity contribution in [3.05, 3.63) is 42.5 Å². The Kier molecular flexibility index (Phi) is 7.65. The molecule has 9 heteroatoms. The van der Waals surface area contributed by atoms with Crippen LogP contribution in [0.4, 0.5) is 17.1 Å². The first-order valence-corrected chi connectivity index (χ1v) is 12.0. The van der Waals surface area contributed by atoms with E-state index in [0.717, 1.165) is 18.8 Å². The van der Waals surface area contributed by atoms with Gasteiger partial charge in [0.2, 0.25) is 0 Å². The lowest BCUT2D eigenvalue weighted by Crippen LogP contribution is -2.36. The molecule has 35 heavy (non-hydrogen) atoms. The van der Waals surface area contributed by atoms with Crippen molar-refractivity contribution in [1.29, 1.82) is 0 Å². The predicted molar refractivity (Wildman–Crippen MR) is 136 cm³/mol. The normalized spacial score (nSPS) is 18.7. The lowest BCUT2D eigenvalue weighted by atomic mass is 10.2. The van der Waals surface area contributed by atoms with E-state index >= 15 is 0 Å². The molecule has 2 aromatic rings. The van der Waals surface area contributed by atoms with Crippen LogP contribution in [-0.2, 0) is 9.53 Å². The van der Waals surface area contributed by atoms with E-state index in [1.54, 1.807) is 6.92 Å². The van der Waals surface area contributed by atoms with E-state index in [2.05, 4.69) is 20.2 Å². The molecule has 0 saturated carbocycles. The van der Waals surface area contributed by atoms with E-state index in [4.69, 9.17) is 14.2 Å². The van der Waals surface area contributed by atoms with Gasteiger partial charge in [0, 0.05) is 25.2 Å². The van der Waals surface area contributed by atoms with Gasteiger partial charge in [-0.25, -0.2) is 0 Å². The van der Waals surface area contributed by atoms with Crippen LogP contribution in [0.15, 0.2) is 57.8 Å². The maximum Gasteiger partial charge on any atom is 0.280 e. The van der Waals surface area contributed by atoms with Crippen molar-refractivity contribution in [3.63, 3.8) is 0 Å². The Morgan fingerprint density at radius 2 is 1.66 bits per heavy atom. The first-order chi connectivity index (χ1) is 16.8. The van der Waals surface area contributed by atoms with Crippen LogP contribution in [0.3, 0.4) is 0 Å². The summed E-state index contributed by atoms with van der Waals surface area (Å²) in [5, 5.41) is 14.7. The highest BCUT2D eigenvalue weighted by atomic mass is 16.5.